The summed E-state index contributed by atoms with van der Waals surface area (Å²) in [5, 5.41) is 25.5. The highest BCUT2D eigenvalue weighted by Crippen LogP contribution is 2.36. The zero-order chi connectivity index (χ0) is 16.2. The minimum Gasteiger partial charge on any atom is -0.380 e. The molecule has 7 nitrogen and oxygen atoms in total. The molecular formula is C14H11ClN4O3. The predicted molar refractivity (Wildman–Crippen MR) is 81.6 cm³/mol. The third-order valence-electron chi connectivity index (χ3n) is 3.22. The molecule has 0 radical (unpaired) electrons. The molecule has 1 unspecified atom stereocenters. The average Bonchev–Trinajstić information content (AvgIpc) is 2.53. The van der Waals surface area contributed by atoms with Gasteiger partial charge >= 0.3 is 0 Å². The molecule has 0 heterocycles. The summed E-state index contributed by atoms with van der Waals surface area (Å²) in [5.41, 5.74) is 7.11. The van der Waals surface area contributed by atoms with Gasteiger partial charge in [0.1, 0.15) is 5.60 Å². The lowest BCUT2D eigenvalue weighted by molar-refractivity contribution is -0.385. The van der Waals surface area contributed by atoms with Gasteiger partial charge in [0.15, 0.2) is 0 Å². The van der Waals surface area contributed by atoms with Crippen LogP contribution < -0.4 is 0 Å². The molecule has 0 aliphatic heterocycles. The van der Waals surface area contributed by atoms with E-state index in [1.165, 1.54) is 18.2 Å². The Morgan fingerprint density at radius 1 is 1.32 bits per heavy atom. The van der Waals surface area contributed by atoms with Crippen molar-refractivity contribution < 1.29 is 10.0 Å². The molecule has 0 saturated heterocycles. The van der Waals surface area contributed by atoms with Gasteiger partial charge in [-0.2, -0.15) is 0 Å². The number of azide groups is 1. The summed E-state index contributed by atoms with van der Waals surface area (Å²) in [6, 6.07) is 12.2. The van der Waals surface area contributed by atoms with Gasteiger partial charge in [0, 0.05) is 27.6 Å². The molecule has 2 aromatic rings. The lowest BCUT2D eigenvalue weighted by atomic mass is 9.86. The van der Waals surface area contributed by atoms with Crippen LogP contribution in [0, 0.1) is 10.1 Å². The van der Waals surface area contributed by atoms with Gasteiger partial charge in [-0.15, -0.1) is 0 Å². The van der Waals surface area contributed by atoms with E-state index in [2.05, 4.69) is 10.0 Å². The van der Waals surface area contributed by atoms with Crippen LogP contribution in [0.5, 0.6) is 0 Å². The van der Waals surface area contributed by atoms with E-state index in [1.54, 1.807) is 30.3 Å². The number of aliphatic hydroxyl groups is 1. The summed E-state index contributed by atoms with van der Waals surface area (Å²) in [5.74, 6) is 0. The lowest BCUT2D eigenvalue weighted by Gasteiger charge is -2.28. The Labute approximate surface area is 130 Å². The highest BCUT2D eigenvalue weighted by Gasteiger charge is 2.34. The summed E-state index contributed by atoms with van der Waals surface area (Å²) < 4.78 is 0. The molecule has 2 rings (SSSR count). The number of rotatable bonds is 5. The van der Waals surface area contributed by atoms with E-state index >= 15 is 0 Å². The van der Waals surface area contributed by atoms with E-state index in [9.17, 15) is 15.2 Å². The minimum atomic E-state index is -1.75. The second-order valence-electron chi connectivity index (χ2n) is 4.54. The number of nitrogens with zero attached hydrogens (tertiary/aromatic N) is 4. The van der Waals surface area contributed by atoms with E-state index in [-0.39, 0.29) is 22.8 Å². The average molecular weight is 319 g/mol. The Morgan fingerprint density at radius 2 is 2.00 bits per heavy atom. The van der Waals surface area contributed by atoms with Crippen molar-refractivity contribution in [1.29, 1.82) is 0 Å². The zero-order valence-corrected chi connectivity index (χ0v) is 12.0. The van der Waals surface area contributed by atoms with Crippen molar-refractivity contribution in [2.75, 3.05) is 6.54 Å². The van der Waals surface area contributed by atoms with Crippen LogP contribution >= 0.6 is 11.6 Å². The van der Waals surface area contributed by atoms with Crippen LogP contribution in [0.1, 0.15) is 11.1 Å². The van der Waals surface area contributed by atoms with Gasteiger partial charge < -0.3 is 5.11 Å². The second-order valence-corrected chi connectivity index (χ2v) is 4.94. The van der Waals surface area contributed by atoms with Crippen molar-refractivity contribution in [2.45, 2.75) is 5.60 Å². The Morgan fingerprint density at radius 3 is 2.59 bits per heavy atom. The van der Waals surface area contributed by atoms with Gasteiger partial charge in [-0.05, 0) is 17.2 Å². The summed E-state index contributed by atoms with van der Waals surface area (Å²) in [6.45, 7) is -0.339. The van der Waals surface area contributed by atoms with E-state index < -0.39 is 10.5 Å². The third-order valence-corrected chi connectivity index (χ3v) is 3.55. The molecule has 0 amide bonds. The van der Waals surface area contributed by atoms with Crippen molar-refractivity contribution in [3.63, 3.8) is 0 Å². The third kappa shape index (κ3) is 3.01. The Bertz CT molecular complexity index is 747. The number of benzene rings is 2. The summed E-state index contributed by atoms with van der Waals surface area (Å²) >= 11 is 6.10. The Hall–Kier alpha value is -2.60. The van der Waals surface area contributed by atoms with Crippen molar-refractivity contribution >= 4 is 17.3 Å². The largest absolute Gasteiger partial charge is 0.380 e. The molecule has 0 saturated carbocycles. The quantitative estimate of drug-likeness (QED) is 0.297. The maximum absolute atomic E-state index is 11.0. The van der Waals surface area contributed by atoms with Gasteiger partial charge in [-0.25, -0.2) is 0 Å². The molecule has 0 bridgehead atoms. The molecule has 1 N–H and O–H groups in total. The molecule has 22 heavy (non-hydrogen) atoms. The van der Waals surface area contributed by atoms with Gasteiger partial charge in [-0.1, -0.05) is 47.0 Å². The maximum atomic E-state index is 11.0. The van der Waals surface area contributed by atoms with Crippen molar-refractivity contribution in [2.24, 2.45) is 5.11 Å². The molecular weight excluding hydrogens is 308 g/mol. The van der Waals surface area contributed by atoms with Crippen LogP contribution in [0.2, 0.25) is 5.02 Å². The van der Waals surface area contributed by atoms with Crippen LogP contribution in [0.15, 0.2) is 53.6 Å². The highest BCUT2D eigenvalue weighted by molar-refractivity contribution is 6.31. The lowest BCUT2D eigenvalue weighted by Crippen LogP contribution is -2.31. The molecule has 1 atom stereocenters. The Balaban J connectivity index is 2.67. The molecule has 112 valence electrons. The first-order chi connectivity index (χ1) is 10.5. The van der Waals surface area contributed by atoms with E-state index in [4.69, 9.17) is 17.1 Å². The highest BCUT2D eigenvalue weighted by atomic mass is 35.5. The minimum absolute atomic E-state index is 0.113. The van der Waals surface area contributed by atoms with Gasteiger partial charge in [0.2, 0.25) is 0 Å². The number of nitro groups is 1. The fraction of sp³-hybridized carbons (Fsp3) is 0.143. The molecule has 0 aliphatic carbocycles. The Kier molecular flexibility index (Phi) is 4.62. The van der Waals surface area contributed by atoms with Crippen LogP contribution in [0.25, 0.3) is 10.4 Å². The molecule has 0 fully saturated rings. The summed E-state index contributed by atoms with van der Waals surface area (Å²) in [4.78, 5) is 13.0. The smallest absolute Gasteiger partial charge is 0.269 e. The topological polar surface area (TPSA) is 112 Å². The van der Waals surface area contributed by atoms with E-state index in [0.29, 0.717) is 5.56 Å². The standard InChI is InChI=1S/C14H11ClN4O3/c15-13-7-6-11(19(21)22)8-12(13)14(20,9-17-18-16)10-4-2-1-3-5-10/h1-8,20H,9H2. The van der Waals surface area contributed by atoms with Crippen LogP contribution in [0.4, 0.5) is 5.69 Å². The second kappa shape index (κ2) is 6.44. The monoisotopic (exact) mass is 318 g/mol. The molecule has 0 aliphatic rings. The van der Waals surface area contributed by atoms with E-state index in [0.717, 1.165) is 0 Å². The number of non-ortho nitro benzene ring substituents is 1. The first-order valence-corrected chi connectivity index (χ1v) is 6.60. The summed E-state index contributed by atoms with van der Waals surface area (Å²) in [7, 11) is 0. The first kappa shape index (κ1) is 15.8. The van der Waals surface area contributed by atoms with Crippen molar-refractivity contribution in [3.8, 4) is 0 Å². The fourth-order valence-electron chi connectivity index (χ4n) is 2.12. The van der Waals surface area contributed by atoms with Crippen LogP contribution in [-0.2, 0) is 5.60 Å². The van der Waals surface area contributed by atoms with Crippen molar-refractivity contribution in [3.05, 3.63) is 85.2 Å². The maximum Gasteiger partial charge on any atom is 0.269 e. The van der Waals surface area contributed by atoms with E-state index in [1.807, 2.05) is 0 Å². The summed E-state index contributed by atoms with van der Waals surface area (Å²) in [6.07, 6.45) is 0. The normalized spacial score (nSPS) is 13.0. The van der Waals surface area contributed by atoms with Gasteiger partial charge in [0.25, 0.3) is 5.69 Å². The number of halogens is 1. The number of nitro benzene ring substituents is 1. The fourth-order valence-corrected chi connectivity index (χ4v) is 2.40. The van der Waals surface area contributed by atoms with Crippen molar-refractivity contribution in [1.82, 2.24) is 0 Å². The molecule has 2 aromatic carbocycles. The molecule has 0 aromatic heterocycles. The van der Waals surface area contributed by atoms with Gasteiger partial charge in [0.05, 0.1) is 11.5 Å². The molecule has 8 heteroatoms. The predicted octanol–water partition coefficient (Wildman–Crippen LogP) is 3.79. The van der Waals surface area contributed by atoms with Crippen LogP contribution in [-0.4, -0.2) is 16.6 Å². The number of hydrogen-bond donors (Lipinski definition) is 1. The number of hydrogen-bond acceptors (Lipinski definition) is 4. The zero-order valence-electron chi connectivity index (χ0n) is 11.3. The van der Waals surface area contributed by atoms with Gasteiger partial charge in [-0.3, -0.25) is 10.1 Å². The van der Waals surface area contributed by atoms with Crippen LogP contribution in [0.3, 0.4) is 0 Å². The first-order valence-electron chi connectivity index (χ1n) is 6.22. The SMILES string of the molecule is [N-]=[N+]=NCC(O)(c1ccccc1)c1cc([N+](=O)[O-])ccc1Cl. The molecule has 0 spiro atoms.